The average Bonchev–Trinajstić information content (AvgIpc) is 3.44. The fourth-order valence-corrected chi connectivity index (χ4v) is 10.1. The van der Waals surface area contributed by atoms with E-state index in [1.165, 1.54) is 218 Å². The second kappa shape index (κ2) is 66.6. The van der Waals surface area contributed by atoms with Gasteiger partial charge in [0.25, 0.3) is 0 Å². The van der Waals surface area contributed by atoms with Crippen molar-refractivity contribution in [2.75, 3.05) is 13.2 Å². The van der Waals surface area contributed by atoms with Crippen molar-refractivity contribution >= 4 is 17.9 Å². The Morgan fingerprint density at radius 1 is 0.269 bits per heavy atom. The van der Waals surface area contributed by atoms with Crippen LogP contribution in [0.2, 0.25) is 0 Å². The molecular weight excluding hydrogens is 961 g/mol. The van der Waals surface area contributed by atoms with Gasteiger partial charge in [-0.25, -0.2) is 0 Å². The average molecular weight is 1090 g/mol. The quantitative estimate of drug-likeness (QED) is 0.0261. The highest BCUT2D eigenvalue weighted by Crippen LogP contribution is 2.18. The van der Waals surface area contributed by atoms with Crippen LogP contribution in [0.5, 0.6) is 0 Å². The molecule has 0 fully saturated rings. The van der Waals surface area contributed by atoms with Gasteiger partial charge >= 0.3 is 17.9 Å². The van der Waals surface area contributed by atoms with Crippen LogP contribution in [-0.4, -0.2) is 37.2 Å². The van der Waals surface area contributed by atoms with Crippen LogP contribution in [0, 0.1) is 0 Å². The van der Waals surface area contributed by atoms with Crippen LogP contribution in [0.1, 0.15) is 361 Å². The first-order valence-electron chi connectivity index (χ1n) is 34.3. The largest absolute Gasteiger partial charge is 0.462 e. The Bertz CT molecular complexity index is 1390. The van der Waals surface area contributed by atoms with Gasteiger partial charge in [-0.05, 0) is 83.5 Å². The van der Waals surface area contributed by atoms with Gasteiger partial charge in [-0.2, -0.15) is 0 Å². The Labute approximate surface area is 485 Å². The maximum Gasteiger partial charge on any atom is 0.306 e. The Morgan fingerprint density at radius 2 is 0.500 bits per heavy atom. The third-order valence-corrected chi connectivity index (χ3v) is 15.3. The first-order valence-corrected chi connectivity index (χ1v) is 34.3. The number of carbonyl (C=O) groups excluding carboxylic acids is 3. The van der Waals surface area contributed by atoms with Gasteiger partial charge < -0.3 is 14.2 Å². The summed E-state index contributed by atoms with van der Waals surface area (Å²) in [5.74, 6) is -0.870. The Morgan fingerprint density at radius 3 is 0.782 bits per heavy atom. The Balaban J connectivity index is 4.26. The van der Waals surface area contributed by atoms with Gasteiger partial charge in [-0.1, -0.05) is 319 Å². The van der Waals surface area contributed by atoms with Gasteiger partial charge in [0.1, 0.15) is 13.2 Å². The van der Waals surface area contributed by atoms with Crippen LogP contribution in [0.3, 0.4) is 0 Å². The number of ether oxygens (including phenoxy) is 3. The minimum Gasteiger partial charge on any atom is -0.462 e. The van der Waals surface area contributed by atoms with Gasteiger partial charge in [-0.3, -0.25) is 14.4 Å². The summed E-state index contributed by atoms with van der Waals surface area (Å²) < 4.78 is 17.0. The van der Waals surface area contributed by atoms with Crippen LogP contribution >= 0.6 is 0 Å². The molecule has 0 heterocycles. The van der Waals surface area contributed by atoms with Gasteiger partial charge in [0.2, 0.25) is 0 Å². The van der Waals surface area contributed by atoms with Crippen LogP contribution in [0.15, 0.2) is 60.8 Å². The molecule has 454 valence electrons. The van der Waals surface area contributed by atoms with Crippen molar-refractivity contribution in [2.24, 2.45) is 0 Å². The highest BCUT2D eigenvalue weighted by molar-refractivity contribution is 5.71. The molecule has 0 aliphatic carbocycles. The second-order valence-electron chi connectivity index (χ2n) is 23.1. The topological polar surface area (TPSA) is 78.9 Å². The van der Waals surface area contributed by atoms with E-state index in [-0.39, 0.29) is 31.1 Å². The zero-order chi connectivity index (χ0) is 56.4. The lowest BCUT2D eigenvalue weighted by molar-refractivity contribution is -0.167. The van der Waals surface area contributed by atoms with Crippen molar-refractivity contribution in [1.29, 1.82) is 0 Å². The van der Waals surface area contributed by atoms with Crippen LogP contribution in [-0.2, 0) is 28.6 Å². The van der Waals surface area contributed by atoms with Gasteiger partial charge in [0, 0.05) is 19.3 Å². The molecule has 0 aromatic heterocycles. The van der Waals surface area contributed by atoms with Crippen LogP contribution in [0.4, 0.5) is 0 Å². The van der Waals surface area contributed by atoms with E-state index in [0.717, 1.165) is 103 Å². The lowest BCUT2D eigenvalue weighted by Gasteiger charge is -2.18. The number of carbonyl (C=O) groups is 3. The predicted octanol–water partition coefficient (Wildman–Crippen LogP) is 23.5. The molecule has 0 spiro atoms. The number of unbranched alkanes of at least 4 members (excludes halogenated alkanes) is 42. The molecule has 0 bridgehead atoms. The standard InChI is InChI=1S/C72H130O6/c1-4-7-10-13-16-19-22-25-28-30-32-33-34-35-36-37-38-39-40-42-44-47-50-53-56-59-62-65-71(74)77-68-69(67-76-70(73)64-61-58-55-52-49-46-43-27-24-21-18-15-12-9-6-3)78-72(75)66-63-60-57-54-51-48-45-41-31-29-26-23-20-17-14-11-8-5-2/h9,12,18,21-22,25,27,30,32,43,69H,4-8,10-11,13-17,19-20,23-24,26,28-29,31,33-42,44-68H2,1-3H3/b12-9-,21-18-,25-22-,32-30-,43-27-. The van der Waals surface area contributed by atoms with Gasteiger partial charge in [-0.15, -0.1) is 0 Å². The molecule has 6 nitrogen and oxygen atoms in total. The Kier molecular flexibility index (Phi) is 64.2. The number of esters is 3. The zero-order valence-electron chi connectivity index (χ0n) is 52.2. The molecule has 0 amide bonds. The van der Waals surface area contributed by atoms with Crippen LogP contribution in [0.25, 0.3) is 0 Å². The summed E-state index contributed by atoms with van der Waals surface area (Å²) in [6.45, 7) is 6.56. The first kappa shape index (κ1) is 75.1. The molecule has 0 aromatic carbocycles. The summed E-state index contributed by atoms with van der Waals surface area (Å²) >= 11 is 0. The summed E-state index contributed by atoms with van der Waals surface area (Å²) in [6.07, 6.45) is 85.3. The van der Waals surface area contributed by atoms with Crippen molar-refractivity contribution < 1.29 is 28.6 Å². The van der Waals surface area contributed by atoms with E-state index < -0.39 is 6.10 Å². The molecule has 0 N–H and O–H groups in total. The lowest BCUT2D eigenvalue weighted by Crippen LogP contribution is -2.30. The maximum absolute atomic E-state index is 12.9. The van der Waals surface area contributed by atoms with Crippen LogP contribution < -0.4 is 0 Å². The minimum atomic E-state index is -0.780. The highest BCUT2D eigenvalue weighted by Gasteiger charge is 2.19. The summed E-state index contributed by atoms with van der Waals surface area (Å²) in [5.41, 5.74) is 0. The fraction of sp³-hybridized carbons (Fsp3) is 0.819. The molecule has 0 aliphatic heterocycles. The van der Waals surface area contributed by atoms with Crippen molar-refractivity contribution in [3.8, 4) is 0 Å². The molecule has 0 rings (SSSR count). The van der Waals surface area contributed by atoms with E-state index in [9.17, 15) is 14.4 Å². The highest BCUT2D eigenvalue weighted by atomic mass is 16.6. The van der Waals surface area contributed by atoms with E-state index in [0.29, 0.717) is 19.3 Å². The molecule has 0 saturated heterocycles. The summed E-state index contributed by atoms with van der Waals surface area (Å²) in [6, 6.07) is 0. The normalized spacial score (nSPS) is 12.4. The number of hydrogen-bond acceptors (Lipinski definition) is 6. The molecule has 0 aromatic rings. The number of allylic oxidation sites excluding steroid dienone is 10. The Hall–Kier alpha value is -2.89. The molecule has 0 aliphatic rings. The van der Waals surface area contributed by atoms with Crippen molar-refractivity contribution in [2.45, 2.75) is 367 Å². The van der Waals surface area contributed by atoms with E-state index in [1.807, 2.05) is 0 Å². The zero-order valence-corrected chi connectivity index (χ0v) is 52.2. The summed E-state index contributed by atoms with van der Waals surface area (Å²) in [4.78, 5) is 38.4. The van der Waals surface area contributed by atoms with Crippen molar-refractivity contribution in [3.63, 3.8) is 0 Å². The third kappa shape index (κ3) is 63.9. The summed E-state index contributed by atoms with van der Waals surface area (Å²) in [7, 11) is 0. The van der Waals surface area contributed by atoms with E-state index >= 15 is 0 Å². The molecule has 78 heavy (non-hydrogen) atoms. The predicted molar refractivity (Wildman–Crippen MR) is 339 cm³/mol. The van der Waals surface area contributed by atoms with E-state index in [2.05, 4.69) is 81.5 Å². The number of hydrogen-bond donors (Lipinski definition) is 0. The van der Waals surface area contributed by atoms with Gasteiger partial charge in [0.15, 0.2) is 6.10 Å². The first-order chi connectivity index (χ1) is 38.5. The molecular formula is C72H130O6. The molecule has 6 heteroatoms. The molecule has 1 unspecified atom stereocenters. The molecule has 0 radical (unpaired) electrons. The van der Waals surface area contributed by atoms with E-state index in [4.69, 9.17) is 14.2 Å². The second-order valence-corrected chi connectivity index (χ2v) is 23.1. The lowest BCUT2D eigenvalue weighted by atomic mass is 10.0. The third-order valence-electron chi connectivity index (χ3n) is 15.3. The minimum absolute atomic E-state index is 0.0757. The van der Waals surface area contributed by atoms with Crippen molar-refractivity contribution in [1.82, 2.24) is 0 Å². The maximum atomic E-state index is 12.9. The fourth-order valence-electron chi connectivity index (χ4n) is 10.1. The van der Waals surface area contributed by atoms with Crippen molar-refractivity contribution in [3.05, 3.63) is 60.8 Å². The summed E-state index contributed by atoms with van der Waals surface area (Å²) in [5, 5.41) is 0. The smallest absolute Gasteiger partial charge is 0.306 e. The monoisotopic (exact) mass is 1090 g/mol. The van der Waals surface area contributed by atoms with Gasteiger partial charge in [0.05, 0.1) is 0 Å². The molecule has 1 atom stereocenters. The SMILES string of the molecule is CC/C=C\C/C=C\C/C=C\CCCCCCCC(=O)OCC(COC(=O)CCCCCCCCCCCCCCCCC/C=C\C/C=C\CCCCCCC)OC(=O)CCCCCCCCCCCCCCCCCCCC. The van der Waals surface area contributed by atoms with E-state index in [1.54, 1.807) is 0 Å². The molecule has 0 saturated carbocycles. The number of rotatable bonds is 63.